The molecule has 1 unspecified atom stereocenters. The highest BCUT2D eigenvalue weighted by Crippen LogP contribution is 2.15. The summed E-state index contributed by atoms with van der Waals surface area (Å²) in [5.41, 5.74) is 0. The van der Waals surface area contributed by atoms with Gasteiger partial charge in [0.1, 0.15) is 13.2 Å². The molecule has 0 bridgehead atoms. The van der Waals surface area contributed by atoms with Crippen molar-refractivity contribution >= 4 is 17.9 Å². The molecule has 344 valence electrons. The molecule has 0 rings (SSSR count). The van der Waals surface area contributed by atoms with Gasteiger partial charge in [-0.2, -0.15) is 0 Å². The predicted molar refractivity (Wildman–Crippen MR) is 252 cm³/mol. The first-order valence-electron chi connectivity index (χ1n) is 25.5. The summed E-state index contributed by atoms with van der Waals surface area (Å²) in [6, 6.07) is 0. The summed E-state index contributed by atoms with van der Waals surface area (Å²) in [5, 5.41) is 0. The molecule has 0 heterocycles. The lowest BCUT2D eigenvalue weighted by Crippen LogP contribution is -2.30. The third-order valence-corrected chi connectivity index (χ3v) is 11.1. The second-order valence-corrected chi connectivity index (χ2v) is 17.1. The monoisotopic (exact) mass is 829 g/mol. The molecular formula is C53H96O6. The topological polar surface area (TPSA) is 78.9 Å². The molecule has 6 heteroatoms. The van der Waals surface area contributed by atoms with Crippen molar-refractivity contribution in [2.75, 3.05) is 13.2 Å². The van der Waals surface area contributed by atoms with Gasteiger partial charge in [-0.3, -0.25) is 14.4 Å². The van der Waals surface area contributed by atoms with Gasteiger partial charge in [0.2, 0.25) is 0 Å². The predicted octanol–water partition coefficient (Wildman–Crippen LogP) is 16.5. The van der Waals surface area contributed by atoms with Gasteiger partial charge >= 0.3 is 17.9 Å². The molecule has 6 nitrogen and oxygen atoms in total. The van der Waals surface area contributed by atoms with Crippen molar-refractivity contribution in [1.82, 2.24) is 0 Å². The molecule has 0 aromatic rings. The van der Waals surface area contributed by atoms with Crippen LogP contribution in [0.3, 0.4) is 0 Å². The first-order valence-corrected chi connectivity index (χ1v) is 25.5. The molecule has 0 saturated carbocycles. The third kappa shape index (κ3) is 46.5. The van der Waals surface area contributed by atoms with E-state index in [1.165, 1.54) is 135 Å². The number of hydrogen-bond acceptors (Lipinski definition) is 6. The molecule has 0 radical (unpaired) electrons. The second-order valence-electron chi connectivity index (χ2n) is 17.1. The molecule has 0 aliphatic rings. The molecule has 0 aromatic carbocycles. The van der Waals surface area contributed by atoms with E-state index in [9.17, 15) is 14.4 Å². The largest absolute Gasteiger partial charge is 0.462 e. The summed E-state index contributed by atoms with van der Waals surface area (Å²) in [6.07, 6.45) is 55.5. The fraction of sp³-hybridized carbons (Fsp3) is 0.830. The van der Waals surface area contributed by atoms with Crippen LogP contribution < -0.4 is 0 Å². The number of hydrogen-bond donors (Lipinski definition) is 0. The lowest BCUT2D eigenvalue weighted by molar-refractivity contribution is -0.167. The van der Waals surface area contributed by atoms with Crippen molar-refractivity contribution in [3.05, 3.63) is 36.5 Å². The quantitative estimate of drug-likeness (QED) is 0.0263. The van der Waals surface area contributed by atoms with E-state index >= 15 is 0 Å². The summed E-state index contributed by atoms with van der Waals surface area (Å²) < 4.78 is 16.8. The normalized spacial score (nSPS) is 12.3. The summed E-state index contributed by atoms with van der Waals surface area (Å²) in [4.78, 5) is 37.9. The molecule has 0 aliphatic carbocycles. The Labute approximate surface area is 365 Å². The van der Waals surface area contributed by atoms with Crippen LogP contribution in [0.15, 0.2) is 36.5 Å². The standard InChI is InChI=1S/C53H96O6/c1-4-7-10-13-16-19-22-25-27-29-31-34-37-40-43-46-52(55)58-49-50(48-57-51(54)45-42-39-36-33-30-24-21-18-15-12-9-6-3)59-53(56)47-44-41-38-35-32-28-26-23-20-17-14-11-8-5-2/h14,17,23,25-27,50H,4-13,15-16,18-22,24,28-49H2,1-3H3/b17-14-,26-23-,27-25-. The molecular weight excluding hydrogens is 733 g/mol. The smallest absolute Gasteiger partial charge is 0.306 e. The summed E-state index contributed by atoms with van der Waals surface area (Å²) in [6.45, 7) is 6.58. The number of carbonyl (C=O) groups excluding carboxylic acids is 3. The first kappa shape index (κ1) is 56.6. The zero-order chi connectivity index (χ0) is 43.0. The van der Waals surface area contributed by atoms with E-state index in [1.807, 2.05) is 0 Å². The van der Waals surface area contributed by atoms with Crippen molar-refractivity contribution < 1.29 is 28.6 Å². The summed E-state index contributed by atoms with van der Waals surface area (Å²) in [7, 11) is 0. The zero-order valence-electron chi connectivity index (χ0n) is 39.3. The Balaban J connectivity index is 4.39. The van der Waals surface area contributed by atoms with E-state index in [1.54, 1.807) is 0 Å². The van der Waals surface area contributed by atoms with Crippen molar-refractivity contribution in [1.29, 1.82) is 0 Å². The zero-order valence-corrected chi connectivity index (χ0v) is 39.3. The van der Waals surface area contributed by atoms with Crippen LogP contribution in [0.1, 0.15) is 265 Å². The molecule has 59 heavy (non-hydrogen) atoms. The molecule has 0 aromatic heterocycles. The molecule has 0 fully saturated rings. The lowest BCUT2D eigenvalue weighted by atomic mass is 10.0. The van der Waals surface area contributed by atoms with Gasteiger partial charge in [0.15, 0.2) is 6.10 Å². The van der Waals surface area contributed by atoms with Crippen LogP contribution in [0.25, 0.3) is 0 Å². The van der Waals surface area contributed by atoms with Gasteiger partial charge < -0.3 is 14.2 Å². The number of carbonyl (C=O) groups is 3. The molecule has 0 spiro atoms. The van der Waals surface area contributed by atoms with Crippen molar-refractivity contribution in [2.24, 2.45) is 0 Å². The fourth-order valence-electron chi connectivity index (χ4n) is 7.22. The highest BCUT2D eigenvalue weighted by atomic mass is 16.6. The number of rotatable bonds is 46. The van der Waals surface area contributed by atoms with Crippen molar-refractivity contribution in [3.8, 4) is 0 Å². The highest BCUT2D eigenvalue weighted by Gasteiger charge is 2.19. The second kappa shape index (κ2) is 48.3. The highest BCUT2D eigenvalue weighted by molar-refractivity contribution is 5.71. The molecule has 0 aliphatic heterocycles. The van der Waals surface area contributed by atoms with E-state index in [0.717, 1.165) is 89.9 Å². The number of unbranched alkanes of at least 4 members (excludes halogenated alkanes) is 29. The van der Waals surface area contributed by atoms with Crippen LogP contribution >= 0.6 is 0 Å². The van der Waals surface area contributed by atoms with Gasteiger partial charge in [-0.25, -0.2) is 0 Å². The van der Waals surface area contributed by atoms with Crippen LogP contribution in [0.4, 0.5) is 0 Å². The fourth-order valence-corrected chi connectivity index (χ4v) is 7.22. The van der Waals surface area contributed by atoms with Crippen LogP contribution in [-0.4, -0.2) is 37.2 Å². The summed E-state index contributed by atoms with van der Waals surface area (Å²) >= 11 is 0. The number of esters is 3. The van der Waals surface area contributed by atoms with Gasteiger partial charge in [0.05, 0.1) is 0 Å². The van der Waals surface area contributed by atoms with Crippen LogP contribution in [0, 0.1) is 0 Å². The van der Waals surface area contributed by atoms with E-state index < -0.39 is 6.10 Å². The van der Waals surface area contributed by atoms with E-state index in [0.29, 0.717) is 19.3 Å². The molecule has 0 N–H and O–H groups in total. The Morgan fingerprint density at radius 2 is 0.627 bits per heavy atom. The minimum absolute atomic E-state index is 0.0778. The van der Waals surface area contributed by atoms with E-state index in [-0.39, 0.29) is 31.1 Å². The van der Waals surface area contributed by atoms with Crippen LogP contribution in [0.5, 0.6) is 0 Å². The number of ether oxygens (including phenoxy) is 3. The molecule has 1 atom stereocenters. The Morgan fingerprint density at radius 1 is 0.339 bits per heavy atom. The minimum Gasteiger partial charge on any atom is -0.462 e. The Bertz CT molecular complexity index is 1000. The maximum Gasteiger partial charge on any atom is 0.306 e. The third-order valence-electron chi connectivity index (χ3n) is 11.1. The van der Waals surface area contributed by atoms with Crippen LogP contribution in [0.2, 0.25) is 0 Å². The molecule has 0 amide bonds. The van der Waals surface area contributed by atoms with Gasteiger partial charge in [-0.05, 0) is 70.6 Å². The van der Waals surface area contributed by atoms with Crippen molar-refractivity contribution in [2.45, 2.75) is 271 Å². The Hall–Kier alpha value is -2.37. The van der Waals surface area contributed by atoms with Gasteiger partial charge in [-0.15, -0.1) is 0 Å². The Kier molecular flexibility index (Phi) is 46.4. The maximum absolute atomic E-state index is 12.8. The van der Waals surface area contributed by atoms with E-state index in [2.05, 4.69) is 57.2 Å². The average Bonchev–Trinajstić information content (AvgIpc) is 3.23. The van der Waals surface area contributed by atoms with Gasteiger partial charge in [0, 0.05) is 19.3 Å². The van der Waals surface area contributed by atoms with Crippen molar-refractivity contribution in [3.63, 3.8) is 0 Å². The summed E-state index contributed by atoms with van der Waals surface area (Å²) in [5.74, 6) is -0.893. The Morgan fingerprint density at radius 3 is 1.00 bits per heavy atom. The first-order chi connectivity index (χ1) is 29.0. The number of allylic oxidation sites excluding steroid dienone is 6. The maximum atomic E-state index is 12.8. The lowest BCUT2D eigenvalue weighted by Gasteiger charge is -2.18. The van der Waals surface area contributed by atoms with Gasteiger partial charge in [0.25, 0.3) is 0 Å². The average molecular weight is 829 g/mol. The van der Waals surface area contributed by atoms with E-state index in [4.69, 9.17) is 14.2 Å². The minimum atomic E-state index is -0.778. The van der Waals surface area contributed by atoms with Gasteiger partial charge in [-0.1, -0.05) is 211 Å². The molecule has 0 saturated heterocycles. The van der Waals surface area contributed by atoms with Crippen LogP contribution in [-0.2, 0) is 28.6 Å². The SMILES string of the molecule is CCCC/C=C\C/C=C\CCCCCCCC(=O)OC(COC(=O)CCCCCCC/C=C\CCCCCCCC)COC(=O)CCCCCCCCCCCCCC.